The van der Waals surface area contributed by atoms with Gasteiger partial charge in [-0.3, -0.25) is 0 Å². The molecule has 0 radical (unpaired) electrons. The molecule has 0 aliphatic carbocycles. The van der Waals surface area contributed by atoms with E-state index in [4.69, 9.17) is 9.47 Å². The monoisotopic (exact) mass is 313 g/mol. The molecule has 1 aromatic carbocycles. The van der Waals surface area contributed by atoms with Crippen molar-refractivity contribution in [3.05, 3.63) is 24.3 Å². The van der Waals surface area contributed by atoms with E-state index in [1.807, 2.05) is 12.1 Å². The first kappa shape index (κ1) is 16.3. The van der Waals surface area contributed by atoms with Crippen molar-refractivity contribution in [2.24, 2.45) is 0 Å². The van der Waals surface area contributed by atoms with Crippen molar-refractivity contribution in [3.8, 4) is 0 Å². The lowest BCUT2D eigenvalue weighted by atomic mass is 10.1. The quantitative estimate of drug-likeness (QED) is 0.749. The van der Waals surface area contributed by atoms with E-state index >= 15 is 0 Å². The Labute approximate surface area is 126 Å². The highest BCUT2D eigenvalue weighted by atomic mass is 32.2. The van der Waals surface area contributed by atoms with Gasteiger partial charge in [0.2, 0.25) is 0 Å². The summed E-state index contributed by atoms with van der Waals surface area (Å²) in [5, 5.41) is 0. The fraction of sp³-hybridized carbons (Fsp3) is 0.600. The predicted molar refractivity (Wildman–Crippen MR) is 82.6 cm³/mol. The maximum atomic E-state index is 11.9. The number of sulfone groups is 1. The minimum absolute atomic E-state index is 0.238. The molecule has 0 amide bonds. The summed E-state index contributed by atoms with van der Waals surface area (Å²) in [6, 6.07) is 7.19. The van der Waals surface area contributed by atoms with E-state index in [0.29, 0.717) is 18.1 Å². The number of benzene rings is 1. The van der Waals surface area contributed by atoms with E-state index in [1.54, 1.807) is 19.2 Å². The average Bonchev–Trinajstić information content (AvgIpc) is 2.47. The second-order valence-corrected chi connectivity index (χ2v) is 7.27. The number of nitrogens with zero attached hydrogens (tertiary/aromatic N) is 1. The van der Waals surface area contributed by atoms with Crippen molar-refractivity contribution in [1.82, 2.24) is 0 Å². The lowest BCUT2D eigenvalue weighted by Crippen LogP contribution is -2.38. The number of hydrogen-bond donors (Lipinski definition) is 0. The maximum absolute atomic E-state index is 11.9. The predicted octanol–water partition coefficient (Wildman–Crippen LogP) is 1.72. The molecule has 5 nitrogen and oxygen atoms in total. The Hall–Kier alpha value is -1.11. The molecular weight excluding hydrogens is 290 g/mol. The summed E-state index contributed by atoms with van der Waals surface area (Å²) in [7, 11) is -1.54. The molecule has 0 saturated carbocycles. The van der Waals surface area contributed by atoms with Crippen LogP contribution in [-0.4, -0.2) is 54.2 Å². The smallest absolute Gasteiger partial charge is 0.177 e. The summed E-state index contributed by atoms with van der Waals surface area (Å²) in [5.41, 5.74) is 0.801. The van der Waals surface area contributed by atoms with Gasteiger partial charge in [0.15, 0.2) is 9.84 Å². The van der Waals surface area contributed by atoms with Gasteiger partial charge < -0.3 is 14.4 Å². The molecule has 0 aromatic heterocycles. The van der Waals surface area contributed by atoms with Crippen LogP contribution in [0.2, 0.25) is 0 Å². The Kier molecular flexibility index (Phi) is 5.61. The molecule has 0 spiro atoms. The third kappa shape index (κ3) is 4.43. The standard InChI is InChI=1S/C15H23NO4S/c1-19-11-12-20-13-7-9-16(10-8-13)14-5-3-4-6-15(14)21(2,17)18/h3-6,13H,7-12H2,1-2H3. The molecule has 118 valence electrons. The average molecular weight is 313 g/mol. The van der Waals surface area contributed by atoms with Gasteiger partial charge in [0.1, 0.15) is 0 Å². The highest BCUT2D eigenvalue weighted by Gasteiger charge is 2.23. The van der Waals surface area contributed by atoms with Crippen LogP contribution < -0.4 is 4.90 Å². The molecular formula is C15H23NO4S. The van der Waals surface area contributed by atoms with Gasteiger partial charge in [0, 0.05) is 26.5 Å². The van der Waals surface area contributed by atoms with Crippen LogP contribution in [0.25, 0.3) is 0 Å². The third-order valence-corrected chi connectivity index (χ3v) is 4.83. The minimum Gasteiger partial charge on any atom is -0.382 e. The highest BCUT2D eigenvalue weighted by Crippen LogP contribution is 2.28. The number of rotatable bonds is 6. The zero-order valence-electron chi connectivity index (χ0n) is 12.6. The van der Waals surface area contributed by atoms with Gasteiger partial charge in [0.05, 0.1) is 29.9 Å². The van der Waals surface area contributed by atoms with E-state index in [9.17, 15) is 8.42 Å². The summed E-state index contributed by atoms with van der Waals surface area (Å²) in [5.74, 6) is 0. The Bertz CT molecular complexity index is 551. The number of anilines is 1. The topological polar surface area (TPSA) is 55.8 Å². The molecule has 1 heterocycles. The van der Waals surface area contributed by atoms with Crippen molar-refractivity contribution < 1.29 is 17.9 Å². The van der Waals surface area contributed by atoms with Crippen LogP contribution in [-0.2, 0) is 19.3 Å². The Morgan fingerprint density at radius 1 is 1.19 bits per heavy atom. The SMILES string of the molecule is COCCOC1CCN(c2ccccc2S(C)(=O)=O)CC1. The van der Waals surface area contributed by atoms with Crippen molar-refractivity contribution >= 4 is 15.5 Å². The van der Waals surface area contributed by atoms with Crippen molar-refractivity contribution in [2.75, 3.05) is 44.6 Å². The summed E-state index contributed by atoms with van der Waals surface area (Å²) in [6.07, 6.45) is 3.30. The Balaban J connectivity index is 2.00. The second kappa shape index (κ2) is 7.24. The van der Waals surface area contributed by atoms with Gasteiger partial charge in [-0.1, -0.05) is 12.1 Å². The molecule has 1 saturated heterocycles. The van der Waals surface area contributed by atoms with Crippen LogP contribution in [0.5, 0.6) is 0 Å². The molecule has 0 bridgehead atoms. The van der Waals surface area contributed by atoms with E-state index in [-0.39, 0.29) is 6.10 Å². The molecule has 21 heavy (non-hydrogen) atoms. The summed E-state index contributed by atoms with van der Waals surface area (Å²) in [4.78, 5) is 2.54. The fourth-order valence-corrected chi connectivity index (χ4v) is 3.50. The van der Waals surface area contributed by atoms with Crippen molar-refractivity contribution in [3.63, 3.8) is 0 Å². The van der Waals surface area contributed by atoms with Gasteiger partial charge in [-0.05, 0) is 25.0 Å². The molecule has 0 atom stereocenters. The minimum atomic E-state index is -3.20. The maximum Gasteiger partial charge on any atom is 0.177 e. The van der Waals surface area contributed by atoms with Gasteiger partial charge in [0.25, 0.3) is 0 Å². The van der Waals surface area contributed by atoms with Crippen LogP contribution in [0.3, 0.4) is 0 Å². The summed E-state index contributed by atoms with van der Waals surface area (Å²) >= 11 is 0. The molecule has 0 unspecified atom stereocenters. The third-order valence-electron chi connectivity index (χ3n) is 3.69. The second-order valence-electron chi connectivity index (χ2n) is 5.29. The first-order chi connectivity index (χ1) is 10.0. The van der Waals surface area contributed by atoms with E-state index in [1.165, 1.54) is 6.26 Å². The highest BCUT2D eigenvalue weighted by molar-refractivity contribution is 7.90. The summed E-state index contributed by atoms with van der Waals surface area (Å²) < 4.78 is 34.4. The number of ether oxygens (including phenoxy) is 2. The number of methoxy groups -OCH3 is 1. The molecule has 6 heteroatoms. The number of piperidine rings is 1. The van der Waals surface area contributed by atoms with Crippen LogP contribution in [0, 0.1) is 0 Å². The molecule has 2 rings (SSSR count). The van der Waals surface area contributed by atoms with E-state index in [2.05, 4.69) is 4.90 Å². The van der Waals surface area contributed by atoms with Crippen molar-refractivity contribution in [2.45, 2.75) is 23.8 Å². The zero-order chi connectivity index (χ0) is 15.3. The number of hydrogen-bond acceptors (Lipinski definition) is 5. The summed E-state index contributed by atoms with van der Waals surface area (Å²) in [6.45, 7) is 2.84. The molecule has 1 aromatic rings. The molecule has 1 aliphatic rings. The molecule has 0 N–H and O–H groups in total. The molecule has 1 fully saturated rings. The zero-order valence-corrected chi connectivity index (χ0v) is 13.4. The van der Waals surface area contributed by atoms with Gasteiger partial charge >= 0.3 is 0 Å². The van der Waals surface area contributed by atoms with E-state index in [0.717, 1.165) is 31.6 Å². The lowest BCUT2D eigenvalue weighted by molar-refractivity contribution is 0.00607. The Morgan fingerprint density at radius 3 is 2.48 bits per heavy atom. The largest absolute Gasteiger partial charge is 0.382 e. The van der Waals surface area contributed by atoms with Gasteiger partial charge in [-0.25, -0.2) is 8.42 Å². The van der Waals surface area contributed by atoms with Crippen LogP contribution >= 0.6 is 0 Å². The first-order valence-electron chi connectivity index (χ1n) is 7.17. The Morgan fingerprint density at radius 2 is 1.86 bits per heavy atom. The number of para-hydroxylation sites is 1. The molecule has 1 aliphatic heterocycles. The first-order valence-corrected chi connectivity index (χ1v) is 9.06. The van der Waals surface area contributed by atoms with Crippen LogP contribution in [0.1, 0.15) is 12.8 Å². The van der Waals surface area contributed by atoms with E-state index < -0.39 is 9.84 Å². The van der Waals surface area contributed by atoms with Crippen LogP contribution in [0.4, 0.5) is 5.69 Å². The normalized spacial score (nSPS) is 17.1. The lowest BCUT2D eigenvalue weighted by Gasteiger charge is -2.34. The van der Waals surface area contributed by atoms with Crippen molar-refractivity contribution in [1.29, 1.82) is 0 Å². The van der Waals surface area contributed by atoms with Gasteiger partial charge in [-0.15, -0.1) is 0 Å². The van der Waals surface area contributed by atoms with Crippen LogP contribution in [0.15, 0.2) is 29.2 Å². The van der Waals surface area contributed by atoms with Gasteiger partial charge in [-0.2, -0.15) is 0 Å². The fourth-order valence-electron chi connectivity index (χ4n) is 2.59.